The second-order valence-corrected chi connectivity index (χ2v) is 5.94. The van der Waals surface area contributed by atoms with Crippen molar-refractivity contribution in [2.24, 2.45) is 0 Å². The van der Waals surface area contributed by atoms with Gasteiger partial charge in [-0.25, -0.2) is 4.68 Å². The molecule has 0 bridgehead atoms. The number of ketones is 1. The van der Waals surface area contributed by atoms with Crippen LogP contribution in [0, 0.1) is 0 Å². The van der Waals surface area contributed by atoms with Gasteiger partial charge in [0.1, 0.15) is 12.3 Å². The molecule has 0 saturated carbocycles. The fourth-order valence-electron chi connectivity index (χ4n) is 2.80. The van der Waals surface area contributed by atoms with Gasteiger partial charge >= 0.3 is 0 Å². The number of Topliss-reactive ketones (excluding diaryl/α,β-unsaturated/α-hetero) is 1. The fourth-order valence-corrected chi connectivity index (χ4v) is 2.80. The first kappa shape index (κ1) is 16.8. The van der Waals surface area contributed by atoms with Crippen LogP contribution in [0.3, 0.4) is 0 Å². The predicted octanol–water partition coefficient (Wildman–Crippen LogP) is 2.53. The number of nitrogens with zero attached hydrogens (tertiary/aromatic N) is 2. The average Bonchev–Trinajstić information content (AvgIpc) is 3.17. The normalized spacial score (nSPS) is 12.0. The van der Waals surface area contributed by atoms with E-state index in [-0.39, 0.29) is 24.7 Å². The molecule has 136 valence electrons. The predicted molar refractivity (Wildman–Crippen MR) is 97.4 cm³/mol. The molecule has 0 unspecified atom stereocenters. The molecule has 0 saturated heterocycles. The van der Waals surface area contributed by atoms with Crippen molar-refractivity contribution in [3.8, 4) is 28.5 Å². The first-order valence-electron chi connectivity index (χ1n) is 8.29. The zero-order valence-corrected chi connectivity index (χ0v) is 14.5. The minimum Gasteiger partial charge on any atom is -0.497 e. The lowest BCUT2D eigenvalue weighted by molar-refractivity contribution is 0.0965. The third kappa shape index (κ3) is 3.39. The van der Waals surface area contributed by atoms with Crippen LogP contribution in [-0.4, -0.2) is 29.5 Å². The highest BCUT2D eigenvalue weighted by Gasteiger charge is 2.15. The number of benzene rings is 2. The van der Waals surface area contributed by atoms with Crippen molar-refractivity contribution < 1.29 is 19.0 Å². The molecule has 0 aliphatic carbocycles. The summed E-state index contributed by atoms with van der Waals surface area (Å²) in [4.78, 5) is 24.7. The largest absolute Gasteiger partial charge is 0.497 e. The lowest BCUT2D eigenvalue weighted by Crippen LogP contribution is -2.26. The number of ether oxygens (including phenoxy) is 3. The first-order chi connectivity index (χ1) is 13.1. The Balaban J connectivity index is 1.63. The van der Waals surface area contributed by atoms with Crippen molar-refractivity contribution in [1.82, 2.24) is 9.78 Å². The van der Waals surface area contributed by atoms with Gasteiger partial charge < -0.3 is 14.2 Å². The van der Waals surface area contributed by atoms with Crippen molar-refractivity contribution in [2.45, 2.75) is 6.54 Å². The maximum Gasteiger partial charge on any atom is 0.267 e. The van der Waals surface area contributed by atoms with Crippen molar-refractivity contribution in [1.29, 1.82) is 0 Å². The van der Waals surface area contributed by atoms with E-state index in [1.165, 1.54) is 13.2 Å². The van der Waals surface area contributed by atoms with E-state index in [1.807, 2.05) is 6.07 Å². The maximum absolute atomic E-state index is 12.5. The molecular weight excluding hydrogens is 348 g/mol. The number of hydrogen-bond acceptors (Lipinski definition) is 6. The van der Waals surface area contributed by atoms with Crippen LogP contribution >= 0.6 is 0 Å². The topological polar surface area (TPSA) is 79.7 Å². The van der Waals surface area contributed by atoms with Gasteiger partial charge in [-0.1, -0.05) is 12.1 Å². The summed E-state index contributed by atoms with van der Waals surface area (Å²) in [6, 6.07) is 15.2. The summed E-state index contributed by atoms with van der Waals surface area (Å²) in [7, 11) is 1.53. The molecule has 1 aliphatic rings. The zero-order valence-electron chi connectivity index (χ0n) is 14.5. The van der Waals surface area contributed by atoms with Gasteiger partial charge in [-0.15, -0.1) is 0 Å². The number of methoxy groups -OCH3 is 1. The summed E-state index contributed by atoms with van der Waals surface area (Å²) in [6.07, 6.45) is 0. The van der Waals surface area contributed by atoms with E-state index in [0.29, 0.717) is 28.5 Å². The third-order valence-corrected chi connectivity index (χ3v) is 4.22. The minimum atomic E-state index is -0.351. The van der Waals surface area contributed by atoms with Gasteiger partial charge in [0.05, 0.1) is 12.8 Å². The number of hydrogen-bond donors (Lipinski definition) is 0. The summed E-state index contributed by atoms with van der Waals surface area (Å²) in [5.74, 6) is 1.64. The van der Waals surface area contributed by atoms with E-state index in [4.69, 9.17) is 14.2 Å². The number of aromatic nitrogens is 2. The molecule has 2 aromatic carbocycles. The van der Waals surface area contributed by atoms with Gasteiger partial charge in [-0.2, -0.15) is 5.10 Å². The summed E-state index contributed by atoms with van der Waals surface area (Å²) >= 11 is 0. The highest BCUT2D eigenvalue weighted by atomic mass is 16.7. The SMILES string of the molecule is COc1cccc(C(=O)Cn2nc(-c3ccc4c(c3)OCO4)ccc2=O)c1. The lowest BCUT2D eigenvalue weighted by Gasteiger charge is -2.08. The van der Waals surface area contributed by atoms with E-state index in [1.54, 1.807) is 42.5 Å². The molecule has 1 aromatic heterocycles. The van der Waals surface area contributed by atoms with Crippen LogP contribution in [0.4, 0.5) is 0 Å². The third-order valence-electron chi connectivity index (χ3n) is 4.22. The summed E-state index contributed by atoms with van der Waals surface area (Å²) in [5, 5.41) is 4.33. The molecule has 0 fully saturated rings. The van der Waals surface area contributed by atoms with E-state index in [2.05, 4.69) is 5.10 Å². The quantitative estimate of drug-likeness (QED) is 0.647. The molecule has 0 spiro atoms. The summed E-state index contributed by atoms with van der Waals surface area (Å²) in [6.45, 7) is 0.0190. The molecule has 7 nitrogen and oxygen atoms in total. The zero-order chi connectivity index (χ0) is 18.8. The first-order valence-corrected chi connectivity index (χ1v) is 8.29. The number of fused-ring (bicyclic) bond motifs is 1. The van der Waals surface area contributed by atoms with Crippen LogP contribution in [0.2, 0.25) is 0 Å². The monoisotopic (exact) mass is 364 g/mol. The van der Waals surface area contributed by atoms with E-state index >= 15 is 0 Å². The smallest absolute Gasteiger partial charge is 0.267 e. The van der Waals surface area contributed by atoms with Crippen molar-refractivity contribution in [3.05, 3.63) is 70.5 Å². The molecule has 0 atom stereocenters. The van der Waals surface area contributed by atoms with Crippen molar-refractivity contribution in [2.75, 3.05) is 13.9 Å². The molecule has 0 radical (unpaired) electrons. The van der Waals surface area contributed by atoms with Gasteiger partial charge in [0.25, 0.3) is 5.56 Å². The molecular formula is C20H16N2O5. The average molecular weight is 364 g/mol. The second kappa shape index (κ2) is 6.95. The van der Waals surface area contributed by atoms with E-state index < -0.39 is 0 Å². The Morgan fingerprint density at radius 3 is 2.81 bits per heavy atom. The number of carbonyl (C=O) groups is 1. The van der Waals surface area contributed by atoms with Crippen LogP contribution in [0.5, 0.6) is 17.2 Å². The Morgan fingerprint density at radius 1 is 1.11 bits per heavy atom. The highest BCUT2D eigenvalue weighted by Crippen LogP contribution is 2.35. The van der Waals surface area contributed by atoms with Crippen LogP contribution in [-0.2, 0) is 6.54 Å². The Morgan fingerprint density at radius 2 is 1.96 bits per heavy atom. The molecule has 0 amide bonds. The molecule has 7 heteroatoms. The molecule has 1 aliphatic heterocycles. The van der Waals surface area contributed by atoms with Crippen LogP contribution in [0.1, 0.15) is 10.4 Å². The molecule has 4 rings (SSSR count). The summed E-state index contributed by atoms with van der Waals surface area (Å²) in [5.41, 5.74) is 1.43. The molecule has 3 aromatic rings. The van der Waals surface area contributed by atoms with Crippen molar-refractivity contribution in [3.63, 3.8) is 0 Å². The molecule has 0 N–H and O–H groups in total. The van der Waals surface area contributed by atoms with E-state index in [0.717, 1.165) is 10.2 Å². The standard InChI is InChI=1S/C20H16N2O5/c1-25-15-4-2-3-14(9-15)17(23)11-22-20(24)8-6-16(21-22)13-5-7-18-19(10-13)27-12-26-18/h2-10H,11-12H2,1H3. The molecule has 2 heterocycles. The Bertz CT molecular complexity index is 1070. The van der Waals surface area contributed by atoms with Gasteiger partial charge in [0.15, 0.2) is 17.3 Å². The van der Waals surface area contributed by atoms with Crippen LogP contribution in [0.15, 0.2) is 59.4 Å². The highest BCUT2D eigenvalue weighted by molar-refractivity contribution is 5.96. The van der Waals surface area contributed by atoms with Gasteiger partial charge in [-0.05, 0) is 36.4 Å². The van der Waals surface area contributed by atoms with Crippen LogP contribution < -0.4 is 19.8 Å². The molecule has 27 heavy (non-hydrogen) atoms. The Kier molecular flexibility index (Phi) is 4.33. The van der Waals surface area contributed by atoms with Crippen molar-refractivity contribution >= 4 is 5.78 Å². The maximum atomic E-state index is 12.5. The Hall–Kier alpha value is -3.61. The van der Waals surface area contributed by atoms with Gasteiger partial charge in [0.2, 0.25) is 6.79 Å². The minimum absolute atomic E-state index is 0.162. The van der Waals surface area contributed by atoms with E-state index in [9.17, 15) is 9.59 Å². The van der Waals surface area contributed by atoms with Gasteiger partial charge in [0, 0.05) is 17.2 Å². The number of rotatable bonds is 5. The fraction of sp³-hybridized carbons (Fsp3) is 0.150. The second-order valence-electron chi connectivity index (χ2n) is 5.94. The van der Waals surface area contributed by atoms with Crippen LogP contribution in [0.25, 0.3) is 11.3 Å². The Labute approximate surface area is 154 Å². The number of carbonyl (C=O) groups excluding carboxylic acids is 1. The lowest BCUT2D eigenvalue weighted by atomic mass is 10.1. The van der Waals surface area contributed by atoms with Gasteiger partial charge in [-0.3, -0.25) is 9.59 Å². The summed E-state index contributed by atoms with van der Waals surface area (Å²) < 4.78 is 17.0.